The van der Waals surface area contributed by atoms with E-state index >= 15 is 0 Å². The zero-order chi connectivity index (χ0) is 24.0. The molecule has 0 aliphatic heterocycles. The summed E-state index contributed by atoms with van der Waals surface area (Å²) in [7, 11) is 0. The first-order valence-corrected chi connectivity index (χ1v) is 6.03. The van der Waals surface area contributed by atoms with Gasteiger partial charge in [0.15, 0.2) is 0 Å². The van der Waals surface area contributed by atoms with Crippen LogP contribution in [-0.2, 0) is 14.3 Å². The Balaban J connectivity index is 5.94. The Labute approximate surface area is 146 Å². The molecule has 172 valence electrons. The summed E-state index contributed by atoms with van der Waals surface area (Å²) < 4.78 is 202. The van der Waals surface area contributed by atoms with E-state index in [9.17, 15) is 79.8 Å². The number of halogens is 16. The van der Waals surface area contributed by atoms with Crippen molar-refractivity contribution < 1.29 is 84.6 Å². The van der Waals surface area contributed by atoms with Crippen molar-refractivity contribution in [3.63, 3.8) is 0 Å². The fourth-order valence-corrected chi connectivity index (χ4v) is 1.16. The van der Waals surface area contributed by atoms with Gasteiger partial charge in [0.25, 0.3) is 0 Å². The van der Waals surface area contributed by atoms with E-state index in [0.29, 0.717) is 0 Å². The van der Waals surface area contributed by atoms with E-state index in [2.05, 4.69) is 0 Å². The maximum absolute atomic E-state index is 13.0. The Kier molecular flexibility index (Phi) is 6.86. The fourth-order valence-electron chi connectivity index (χ4n) is 1.16. The van der Waals surface area contributed by atoms with Crippen LogP contribution in [0.25, 0.3) is 0 Å². The van der Waals surface area contributed by atoms with Crippen molar-refractivity contribution in [2.24, 2.45) is 0 Å². The summed E-state index contributed by atoms with van der Waals surface area (Å²) in [4.78, 5) is 21.2. The van der Waals surface area contributed by atoms with E-state index < -0.39 is 60.3 Å². The number of carbonyl (C=O) groups is 2. The van der Waals surface area contributed by atoms with E-state index in [4.69, 9.17) is 0 Å². The number of hydrogen-bond acceptors (Lipinski definition) is 3. The number of alkyl halides is 16. The highest BCUT2D eigenvalue weighted by molar-refractivity contribution is 5.93. The van der Waals surface area contributed by atoms with Gasteiger partial charge < -0.3 is 4.74 Å². The van der Waals surface area contributed by atoms with Crippen molar-refractivity contribution in [2.45, 2.75) is 48.4 Å². The van der Waals surface area contributed by atoms with Crippen LogP contribution in [0.5, 0.6) is 0 Å². The molecular formula is C10H2F16O3. The monoisotopic (exact) mass is 474 g/mol. The van der Waals surface area contributed by atoms with E-state index in [0.717, 1.165) is 0 Å². The molecule has 0 aromatic rings. The minimum Gasteiger partial charge on any atom is -0.384 e. The molecule has 19 heteroatoms. The summed E-state index contributed by atoms with van der Waals surface area (Å²) in [6, 6.07) is 0. The molecule has 0 aromatic heterocycles. The standard InChI is InChI=1S/C10H2F16O3/c11-1(12)5(15,16)9(23,24)7(19,20)3(27)29-4(28)8(21,22)10(25,26)6(17,18)2(13)14/h1-2H. The number of esters is 2. The van der Waals surface area contributed by atoms with Gasteiger partial charge in [-0.05, 0) is 0 Å². The summed E-state index contributed by atoms with van der Waals surface area (Å²) in [5.74, 6) is -52.9. The van der Waals surface area contributed by atoms with Gasteiger partial charge in [-0.15, -0.1) is 0 Å². The molecule has 0 N–H and O–H groups in total. The highest BCUT2D eigenvalue weighted by Gasteiger charge is 2.82. The van der Waals surface area contributed by atoms with Crippen LogP contribution in [0.15, 0.2) is 0 Å². The van der Waals surface area contributed by atoms with Gasteiger partial charge in [-0.25, -0.2) is 27.2 Å². The number of rotatable bonds is 8. The molecule has 3 nitrogen and oxygen atoms in total. The smallest absolute Gasteiger partial charge is 0.384 e. The Morgan fingerprint density at radius 2 is 0.724 bits per heavy atom. The minimum atomic E-state index is -7.49. The Morgan fingerprint density at radius 1 is 0.517 bits per heavy atom. The second kappa shape index (κ2) is 7.37. The summed E-state index contributed by atoms with van der Waals surface area (Å²) in [6.07, 6.45) is -11.3. The quantitative estimate of drug-likeness (QED) is 0.298. The maximum atomic E-state index is 13.0. The summed E-state index contributed by atoms with van der Waals surface area (Å²) in [5, 5.41) is 0. The van der Waals surface area contributed by atoms with Crippen molar-refractivity contribution in [1.82, 2.24) is 0 Å². The molecule has 0 aliphatic carbocycles. The van der Waals surface area contributed by atoms with Gasteiger partial charge in [0.2, 0.25) is 0 Å². The summed E-state index contributed by atoms with van der Waals surface area (Å²) in [5.41, 5.74) is 0. The van der Waals surface area contributed by atoms with Crippen molar-refractivity contribution >= 4 is 11.9 Å². The molecule has 0 saturated heterocycles. The lowest BCUT2D eigenvalue weighted by atomic mass is 10.0. The van der Waals surface area contributed by atoms with Gasteiger partial charge in [-0.2, -0.15) is 52.7 Å². The normalized spacial score (nSPS) is 15.1. The van der Waals surface area contributed by atoms with Crippen LogP contribution in [-0.4, -0.2) is 60.3 Å². The second-order valence-corrected chi connectivity index (χ2v) is 4.82. The molecule has 0 aliphatic rings. The minimum absolute atomic E-state index is 2.01. The third kappa shape index (κ3) is 3.90. The highest BCUT2D eigenvalue weighted by Crippen LogP contribution is 2.51. The van der Waals surface area contributed by atoms with E-state index in [-0.39, 0.29) is 0 Å². The SMILES string of the molecule is O=C(OC(=O)C(F)(F)C(F)(F)C(F)(F)C(F)F)C(F)(F)C(F)(F)C(F)(F)C(F)F. The molecular weight excluding hydrogens is 472 g/mol. The lowest BCUT2D eigenvalue weighted by Gasteiger charge is -2.32. The predicted octanol–water partition coefficient (Wildman–Crippen LogP) is 4.40. The Bertz CT molecular complexity index is 585. The number of carbonyl (C=O) groups excluding carboxylic acids is 2. The molecule has 0 radical (unpaired) electrons. The molecule has 0 amide bonds. The zero-order valence-electron chi connectivity index (χ0n) is 12.4. The Morgan fingerprint density at radius 3 is 0.897 bits per heavy atom. The molecule has 0 heterocycles. The van der Waals surface area contributed by atoms with Gasteiger partial charge >= 0.3 is 60.3 Å². The average Bonchev–Trinajstić information content (AvgIpc) is 2.53. The molecule has 0 rings (SSSR count). The van der Waals surface area contributed by atoms with Crippen molar-refractivity contribution in [3.05, 3.63) is 0 Å². The van der Waals surface area contributed by atoms with Gasteiger partial charge in [0, 0.05) is 0 Å². The number of ether oxygens (including phenoxy) is 1. The van der Waals surface area contributed by atoms with Crippen LogP contribution in [0.2, 0.25) is 0 Å². The summed E-state index contributed by atoms with van der Waals surface area (Å²) in [6.45, 7) is 0. The molecule has 0 fully saturated rings. The number of hydrogen-bond donors (Lipinski definition) is 0. The van der Waals surface area contributed by atoms with E-state index in [1.165, 1.54) is 0 Å². The maximum Gasteiger partial charge on any atom is 0.411 e. The van der Waals surface area contributed by atoms with Gasteiger partial charge in [-0.3, -0.25) is 0 Å². The van der Waals surface area contributed by atoms with Crippen LogP contribution in [0.4, 0.5) is 70.2 Å². The largest absolute Gasteiger partial charge is 0.411 e. The van der Waals surface area contributed by atoms with E-state index in [1.807, 2.05) is 4.74 Å². The third-order valence-electron chi connectivity index (χ3n) is 2.87. The van der Waals surface area contributed by atoms with Gasteiger partial charge in [0.05, 0.1) is 0 Å². The van der Waals surface area contributed by atoms with Gasteiger partial charge in [0.1, 0.15) is 0 Å². The molecule has 0 unspecified atom stereocenters. The first-order valence-electron chi connectivity index (χ1n) is 6.03. The molecule has 29 heavy (non-hydrogen) atoms. The first-order chi connectivity index (χ1) is 12.4. The molecule has 0 atom stereocenters. The van der Waals surface area contributed by atoms with Gasteiger partial charge in [-0.1, -0.05) is 0 Å². The highest BCUT2D eigenvalue weighted by atomic mass is 19.4. The van der Waals surface area contributed by atoms with E-state index in [1.54, 1.807) is 0 Å². The fraction of sp³-hybridized carbons (Fsp3) is 0.800. The van der Waals surface area contributed by atoms with Crippen molar-refractivity contribution in [3.8, 4) is 0 Å². The summed E-state index contributed by atoms with van der Waals surface area (Å²) >= 11 is 0. The predicted molar refractivity (Wildman–Crippen MR) is 52.8 cm³/mol. The van der Waals surface area contributed by atoms with Crippen LogP contribution < -0.4 is 0 Å². The third-order valence-corrected chi connectivity index (χ3v) is 2.87. The second-order valence-electron chi connectivity index (χ2n) is 4.82. The van der Waals surface area contributed by atoms with Crippen LogP contribution in [0.1, 0.15) is 0 Å². The Hall–Kier alpha value is -1.98. The lowest BCUT2D eigenvalue weighted by Crippen LogP contribution is -2.63. The zero-order valence-corrected chi connectivity index (χ0v) is 12.4. The topological polar surface area (TPSA) is 43.4 Å². The van der Waals surface area contributed by atoms with Crippen LogP contribution >= 0.6 is 0 Å². The molecule has 0 spiro atoms. The van der Waals surface area contributed by atoms with Crippen LogP contribution in [0, 0.1) is 0 Å². The van der Waals surface area contributed by atoms with Crippen molar-refractivity contribution in [2.75, 3.05) is 0 Å². The molecule has 0 bridgehead atoms. The van der Waals surface area contributed by atoms with Crippen molar-refractivity contribution in [1.29, 1.82) is 0 Å². The van der Waals surface area contributed by atoms with Crippen LogP contribution in [0.3, 0.4) is 0 Å². The molecule has 0 aromatic carbocycles. The molecule has 0 saturated carbocycles. The first kappa shape index (κ1) is 27.0. The average molecular weight is 474 g/mol. The lowest BCUT2D eigenvalue weighted by molar-refractivity contribution is -0.339.